The first kappa shape index (κ1) is 9.16. The van der Waals surface area contributed by atoms with Crippen LogP contribution in [0.1, 0.15) is 12.5 Å². The number of hydrogen-bond donors (Lipinski definition) is 1. The van der Waals surface area contributed by atoms with Crippen LogP contribution in [0.3, 0.4) is 0 Å². The molecule has 0 aromatic heterocycles. The van der Waals surface area contributed by atoms with Gasteiger partial charge in [0.2, 0.25) is 0 Å². The lowest BCUT2D eigenvalue weighted by Gasteiger charge is -2.02. The zero-order valence-electron chi connectivity index (χ0n) is 7.46. The Balaban J connectivity index is 2.75. The summed E-state index contributed by atoms with van der Waals surface area (Å²) in [5.41, 5.74) is 1.49. The minimum absolute atomic E-state index is 0.579. The van der Waals surface area contributed by atoms with Crippen LogP contribution in [-0.4, -0.2) is 6.54 Å². The maximum atomic E-state index is 8.75. The fraction of sp³-hybridized carbons (Fsp3) is 0.182. The van der Waals surface area contributed by atoms with Gasteiger partial charge in [0.1, 0.15) is 6.07 Å². The highest BCUT2D eigenvalue weighted by atomic mass is 14.9. The van der Waals surface area contributed by atoms with Crippen molar-refractivity contribution < 1.29 is 0 Å². The van der Waals surface area contributed by atoms with Crippen LogP contribution >= 0.6 is 0 Å². The van der Waals surface area contributed by atoms with E-state index in [0.29, 0.717) is 12.1 Å². The van der Waals surface area contributed by atoms with Crippen molar-refractivity contribution in [3.05, 3.63) is 29.8 Å². The molecular formula is C11H10N2. The van der Waals surface area contributed by atoms with Gasteiger partial charge in [-0.05, 0) is 19.1 Å². The highest BCUT2D eigenvalue weighted by Gasteiger charge is 1.96. The SMILES string of the molecule is CC#CCNc1ccccc1C#N. The molecule has 0 spiro atoms. The summed E-state index contributed by atoms with van der Waals surface area (Å²) >= 11 is 0. The molecule has 2 nitrogen and oxygen atoms in total. The van der Waals surface area contributed by atoms with Gasteiger partial charge in [0.05, 0.1) is 17.8 Å². The molecule has 2 heteroatoms. The molecule has 0 unspecified atom stereocenters. The van der Waals surface area contributed by atoms with E-state index in [0.717, 1.165) is 5.69 Å². The van der Waals surface area contributed by atoms with E-state index in [9.17, 15) is 0 Å². The number of rotatable bonds is 2. The lowest BCUT2D eigenvalue weighted by molar-refractivity contribution is 1.36. The summed E-state index contributed by atoms with van der Waals surface area (Å²) in [4.78, 5) is 0. The van der Waals surface area contributed by atoms with Crippen molar-refractivity contribution in [2.45, 2.75) is 6.92 Å². The van der Waals surface area contributed by atoms with Gasteiger partial charge < -0.3 is 5.32 Å². The van der Waals surface area contributed by atoms with Crippen LogP contribution in [0, 0.1) is 23.2 Å². The summed E-state index contributed by atoms with van der Waals surface area (Å²) in [5.74, 6) is 5.66. The number of benzene rings is 1. The third-order valence-corrected chi connectivity index (χ3v) is 1.59. The van der Waals surface area contributed by atoms with Crippen molar-refractivity contribution in [1.29, 1.82) is 5.26 Å². The molecule has 64 valence electrons. The van der Waals surface area contributed by atoms with Gasteiger partial charge in [0, 0.05) is 0 Å². The van der Waals surface area contributed by atoms with E-state index in [4.69, 9.17) is 5.26 Å². The topological polar surface area (TPSA) is 35.8 Å². The molecule has 0 heterocycles. The van der Waals surface area contributed by atoms with Crippen LogP contribution in [0.2, 0.25) is 0 Å². The predicted molar refractivity (Wildman–Crippen MR) is 53.1 cm³/mol. The average Bonchev–Trinajstić information content (AvgIpc) is 2.19. The highest BCUT2D eigenvalue weighted by molar-refractivity contribution is 5.57. The van der Waals surface area contributed by atoms with Gasteiger partial charge in [-0.1, -0.05) is 18.1 Å². The molecule has 0 bridgehead atoms. The first-order chi connectivity index (χ1) is 6.38. The van der Waals surface area contributed by atoms with Gasteiger partial charge in [-0.15, -0.1) is 5.92 Å². The number of nitrogens with zero attached hydrogens (tertiary/aromatic N) is 1. The third kappa shape index (κ3) is 2.54. The molecule has 0 saturated carbocycles. The lowest BCUT2D eigenvalue weighted by atomic mass is 10.2. The largest absolute Gasteiger partial charge is 0.373 e. The normalized spacial score (nSPS) is 8.00. The lowest BCUT2D eigenvalue weighted by Crippen LogP contribution is -2.00. The summed E-state index contributed by atoms with van der Waals surface area (Å²) in [6.07, 6.45) is 0. The number of hydrogen-bond acceptors (Lipinski definition) is 2. The molecule has 0 atom stereocenters. The van der Waals surface area contributed by atoms with Crippen LogP contribution < -0.4 is 5.32 Å². The van der Waals surface area contributed by atoms with Gasteiger partial charge in [-0.3, -0.25) is 0 Å². The van der Waals surface area contributed by atoms with Crippen LogP contribution in [0.4, 0.5) is 5.69 Å². The molecule has 0 saturated heterocycles. The summed E-state index contributed by atoms with van der Waals surface area (Å²) in [6, 6.07) is 9.50. The Bertz CT molecular complexity index is 377. The minimum atomic E-state index is 0.579. The second-order valence-electron chi connectivity index (χ2n) is 2.44. The number of para-hydroxylation sites is 1. The monoisotopic (exact) mass is 170 g/mol. The van der Waals surface area contributed by atoms with Crippen molar-refractivity contribution in [2.75, 3.05) is 11.9 Å². The number of nitrogens with one attached hydrogen (secondary N) is 1. The van der Waals surface area contributed by atoms with Gasteiger partial charge in [-0.2, -0.15) is 5.26 Å². The van der Waals surface area contributed by atoms with E-state index in [2.05, 4.69) is 23.2 Å². The predicted octanol–water partition coefficient (Wildman–Crippen LogP) is 1.99. The Morgan fingerprint density at radius 1 is 1.38 bits per heavy atom. The van der Waals surface area contributed by atoms with Crippen LogP contribution in [0.5, 0.6) is 0 Å². The van der Waals surface area contributed by atoms with Crippen LogP contribution in [-0.2, 0) is 0 Å². The molecule has 1 rings (SSSR count). The van der Waals surface area contributed by atoms with Crippen molar-refractivity contribution in [3.63, 3.8) is 0 Å². The summed E-state index contributed by atoms with van der Waals surface area (Å²) in [5, 5.41) is 11.8. The van der Waals surface area contributed by atoms with E-state index < -0.39 is 0 Å². The average molecular weight is 170 g/mol. The quantitative estimate of drug-likeness (QED) is 0.689. The van der Waals surface area contributed by atoms with E-state index in [1.165, 1.54) is 0 Å². The van der Waals surface area contributed by atoms with Crippen LogP contribution in [0.15, 0.2) is 24.3 Å². The minimum Gasteiger partial charge on any atom is -0.373 e. The summed E-state index contributed by atoms with van der Waals surface area (Å²) in [7, 11) is 0. The van der Waals surface area contributed by atoms with Crippen molar-refractivity contribution in [2.24, 2.45) is 0 Å². The van der Waals surface area contributed by atoms with E-state index in [1.54, 1.807) is 13.0 Å². The molecule has 1 aromatic rings. The fourth-order valence-electron chi connectivity index (χ4n) is 0.963. The zero-order valence-corrected chi connectivity index (χ0v) is 7.46. The Morgan fingerprint density at radius 2 is 2.15 bits per heavy atom. The van der Waals surface area contributed by atoms with Gasteiger partial charge >= 0.3 is 0 Å². The Morgan fingerprint density at radius 3 is 2.85 bits per heavy atom. The fourth-order valence-corrected chi connectivity index (χ4v) is 0.963. The summed E-state index contributed by atoms with van der Waals surface area (Å²) < 4.78 is 0. The molecule has 1 aromatic carbocycles. The van der Waals surface area contributed by atoms with Gasteiger partial charge in [0.25, 0.3) is 0 Å². The Hall–Kier alpha value is -1.93. The maximum absolute atomic E-state index is 8.75. The van der Waals surface area contributed by atoms with Gasteiger partial charge in [-0.25, -0.2) is 0 Å². The van der Waals surface area contributed by atoms with Crippen LogP contribution in [0.25, 0.3) is 0 Å². The molecule has 0 aliphatic carbocycles. The third-order valence-electron chi connectivity index (χ3n) is 1.59. The zero-order chi connectivity index (χ0) is 9.52. The second kappa shape index (κ2) is 4.85. The molecule has 0 radical (unpaired) electrons. The van der Waals surface area contributed by atoms with Crippen molar-refractivity contribution >= 4 is 5.69 Å². The summed E-state index contributed by atoms with van der Waals surface area (Å²) in [6.45, 7) is 2.37. The molecule has 0 fully saturated rings. The Labute approximate surface area is 78.2 Å². The van der Waals surface area contributed by atoms with Gasteiger partial charge in [0.15, 0.2) is 0 Å². The molecule has 0 aliphatic heterocycles. The second-order valence-corrected chi connectivity index (χ2v) is 2.44. The smallest absolute Gasteiger partial charge is 0.101 e. The molecule has 0 amide bonds. The van der Waals surface area contributed by atoms with E-state index in [-0.39, 0.29) is 0 Å². The Kier molecular flexibility index (Phi) is 3.42. The first-order valence-corrected chi connectivity index (χ1v) is 4.01. The first-order valence-electron chi connectivity index (χ1n) is 4.01. The number of anilines is 1. The number of nitriles is 1. The van der Waals surface area contributed by atoms with E-state index >= 15 is 0 Å². The molecule has 1 N–H and O–H groups in total. The van der Waals surface area contributed by atoms with Crippen molar-refractivity contribution in [1.82, 2.24) is 0 Å². The van der Waals surface area contributed by atoms with Crippen molar-refractivity contribution in [3.8, 4) is 17.9 Å². The maximum Gasteiger partial charge on any atom is 0.101 e. The van der Waals surface area contributed by atoms with E-state index in [1.807, 2.05) is 18.2 Å². The molecule has 0 aliphatic rings. The standard InChI is InChI=1S/C11H10N2/c1-2-3-8-13-11-7-5-4-6-10(11)9-12/h4-7,13H,8H2,1H3. The highest BCUT2D eigenvalue weighted by Crippen LogP contribution is 2.12. The molecule has 13 heavy (non-hydrogen) atoms. The molecular weight excluding hydrogens is 160 g/mol.